The van der Waals surface area contributed by atoms with E-state index in [1.54, 1.807) is 0 Å². The molecule has 44 heavy (non-hydrogen) atoms. The fraction of sp³-hybridized carbons (Fsp3) is 0. The van der Waals surface area contributed by atoms with Crippen molar-refractivity contribution in [2.24, 2.45) is 0 Å². The van der Waals surface area contributed by atoms with Gasteiger partial charge in [-0.1, -0.05) is 127 Å². The minimum absolute atomic E-state index is 0.598. The molecule has 206 valence electrons. The summed E-state index contributed by atoms with van der Waals surface area (Å²) in [5.41, 5.74) is 6.46. The van der Waals surface area contributed by atoms with Crippen molar-refractivity contribution >= 4 is 53.3 Å². The van der Waals surface area contributed by atoms with Crippen LogP contribution >= 0.6 is 11.3 Å². The highest BCUT2D eigenvalue weighted by molar-refractivity contribution is 7.26. The summed E-state index contributed by atoms with van der Waals surface area (Å²) in [5.74, 6) is 1.89. The molecule has 0 saturated heterocycles. The lowest BCUT2D eigenvalue weighted by Gasteiger charge is -2.11. The average Bonchev–Trinajstić information content (AvgIpc) is 3.65. The first-order valence-corrected chi connectivity index (χ1v) is 15.5. The second-order valence-corrected chi connectivity index (χ2v) is 11.9. The summed E-state index contributed by atoms with van der Waals surface area (Å²) in [6, 6.07) is 50.8. The lowest BCUT2D eigenvalue weighted by Crippen LogP contribution is -2.06. The summed E-state index contributed by atoms with van der Waals surface area (Å²) in [5, 5.41) is 4.95. The van der Waals surface area contributed by atoms with Gasteiger partial charge in [-0.25, -0.2) is 4.98 Å². The van der Waals surface area contributed by atoms with Crippen molar-refractivity contribution in [3.05, 3.63) is 146 Å². The lowest BCUT2D eigenvalue weighted by atomic mass is 9.98. The van der Waals surface area contributed by atoms with Crippen molar-refractivity contribution in [1.29, 1.82) is 0 Å². The van der Waals surface area contributed by atoms with Crippen LogP contribution in [0.15, 0.2) is 146 Å². The SMILES string of the molecule is c1ccc(-c2nc(-c3ccccc3)nc(-n3c4ccccc4c4c(-c5cccc6c5sc5ccccc56)cccc43)n2)cc1. The highest BCUT2D eigenvalue weighted by Crippen LogP contribution is 2.44. The number of hydrogen-bond donors (Lipinski definition) is 0. The number of aromatic nitrogens is 4. The predicted molar refractivity (Wildman–Crippen MR) is 183 cm³/mol. The minimum Gasteiger partial charge on any atom is -0.278 e. The Labute approximate surface area is 257 Å². The molecule has 0 atom stereocenters. The van der Waals surface area contributed by atoms with E-state index in [0.717, 1.165) is 22.2 Å². The molecule has 0 unspecified atom stereocenters. The van der Waals surface area contributed by atoms with Crippen molar-refractivity contribution in [2.45, 2.75) is 0 Å². The van der Waals surface area contributed by atoms with Crippen LogP contribution in [0.4, 0.5) is 0 Å². The van der Waals surface area contributed by atoms with E-state index >= 15 is 0 Å². The van der Waals surface area contributed by atoms with Crippen LogP contribution in [0.5, 0.6) is 0 Å². The highest BCUT2D eigenvalue weighted by atomic mass is 32.1. The summed E-state index contributed by atoms with van der Waals surface area (Å²) in [7, 11) is 0. The van der Waals surface area contributed by atoms with Gasteiger partial charge in [-0.3, -0.25) is 4.57 Å². The Balaban J connectivity index is 1.36. The van der Waals surface area contributed by atoms with Crippen LogP contribution in [0.3, 0.4) is 0 Å². The second kappa shape index (κ2) is 9.97. The van der Waals surface area contributed by atoms with Gasteiger partial charge in [0.2, 0.25) is 5.95 Å². The molecule has 6 aromatic carbocycles. The molecule has 9 aromatic rings. The molecule has 0 saturated carbocycles. The Morgan fingerprint density at radius 3 is 1.75 bits per heavy atom. The number of nitrogens with zero attached hydrogens (tertiary/aromatic N) is 4. The van der Waals surface area contributed by atoms with E-state index in [9.17, 15) is 0 Å². The van der Waals surface area contributed by atoms with E-state index in [4.69, 9.17) is 15.0 Å². The number of hydrogen-bond acceptors (Lipinski definition) is 4. The maximum atomic E-state index is 5.10. The molecule has 0 radical (unpaired) electrons. The molecule has 3 heterocycles. The van der Waals surface area contributed by atoms with Gasteiger partial charge >= 0.3 is 0 Å². The number of benzene rings is 6. The fourth-order valence-electron chi connectivity index (χ4n) is 6.32. The van der Waals surface area contributed by atoms with E-state index in [2.05, 4.69) is 89.5 Å². The summed E-state index contributed by atoms with van der Waals surface area (Å²) >= 11 is 1.86. The second-order valence-electron chi connectivity index (χ2n) is 10.8. The molecule has 0 bridgehead atoms. The van der Waals surface area contributed by atoms with E-state index < -0.39 is 0 Å². The van der Waals surface area contributed by atoms with Gasteiger partial charge < -0.3 is 0 Å². The first-order valence-electron chi connectivity index (χ1n) is 14.6. The maximum Gasteiger partial charge on any atom is 0.238 e. The van der Waals surface area contributed by atoms with Gasteiger partial charge in [0.15, 0.2) is 11.6 Å². The maximum absolute atomic E-state index is 5.10. The zero-order chi connectivity index (χ0) is 29.0. The molecule has 5 heteroatoms. The smallest absolute Gasteiger partial charge is 0.238 e. The summed E-state index contributed by atoms with van der Waals surface area (Å²) in [4.78, 5) is 15.1. The van der Waals surface area contributed by atoms with Crippen molar-refractivity contribution < 1.29 is 0 Å². The van der Waals surface area contributed by atoms with Crippen LogP contribution in [0.2, 0.25) is 0 Å². The van der Waals surface area contributed by atoms with Gasteiger partial charge in [-0.15, -0.1) is 11.3 Å². The topological polar surface area (TPSA) is 43.6 Å². The van der Waals surface area contributed by atoms with Crippen LogP contribution in [-0.2, 0) is 0 Å². The molecule has 0 amide bonds. The molecule has 0 aliphatic rings. The zero-order valence-corrected chi connectivity index (χ0v) is 24.4. The quantitative estimate of drug-likeness (QED) is 0.208. The third-order valence-corrected chi connectivity index (χ3v) is 9.50. The first kappa shape index (κ1) is 24.9. The molecule has 0 aliphatic heterocycles. The fourth-order valence-corrected chi connectivity index (χ4v) is 7.55. The van der Waals surface area contributed by atoms with Crippen molar-refractivity contribution in [1.82, 2.24) is 19.5 Å². The first-order chi connectivity index (χ1) is 21.8. The number of thiophene rings is 1. The molecular weight excluding hydrogens is 557 g/mol. The Kier molecular flexibility index (Phi) is 5.64. The number of para-hydroxylation sites is 1. The van der Waals surface area contributed by atoms with Gasteiger partial charge in [0, 0.05) is 47.6 Å². The van der Waals surface area contributed by atoms with Gasteiger partial charge in [-0.2, -0.15) is 9.97 Å². The largest absolute Gasteiger partial charge is 0.278 e. The number of fused-ring (bicyclic) bond motifs is 6. The highest BCUT2D eigenvalue weighted by Gasteiger charge is 2.21. The molecule has 0 aliphatic carbocycles. The molecular formula is C39H24N4S. The zero-order valence-electron chi connectivity index (χ0n) is 23.6. The molecule has 4 nitrogen and oxygen atoms in total. The van der Waals surface area contributed by atoms with Crippen molar-refractivity contribution in [3.63, 3.8) is 0 Å². The molecule has 0 spiro atoms. The van der Waals surface area contributed by atoms with Crippen LogP contribution in [-0.4, -0.2) is 19.5 Å². The Bertz CT molecular complexity index is 2440. The monoisotopic (exact) mass is 580 g/mol. The van der Waals surface area contributed by atoms with Crippen molar-refractivity contribution in [3.8, 4) is 39.9 Å². The third kappa shape index (κ3) is 3.87. The average molecular weight is 581 g/mol. The Hall–Kier alpha value is -5.65. The summed E-state index contributed by atoms with van der Waals surface area (Å²) < 4.78 is 4.80. The standard InChI is InChI=1S/C39H24N4S/c1-3-13-25(14-4-1)37-40-38(26-15-5-2-6-16-26)42-39(41-37)43-32-22-9-7-18-31(32)35-28(19-12-23-33(35)43)30-21-11-20-29-27-17-8-10-24-34(27)44-36(29)30/h1-24H. The van der Waals surface area contributed by atoms with E-state index in [0.29, 0.717) is 17.6 Å². The molecule has 0 fully saturated rings. The molecule has 3 aromatic heterocycles. The normalized spacial score (nSPS) is 11.6. The van der Waals surface area contributed by atoms with Gasteiger partial charge in [0.05, 0.1) is 11.0 Å². The van der Waals surface area contributed by atoms with Crippen LogP contribution in [0.1, 0.15) is 0 Å². The Morgan fingerprint density at radius 1 is 0.432 bits per heavy atom. The third-order valence-electron chi connectivity index (χ3n) is 8.28. The van der Waals surface area contributed by atoms with E-state index in [-0.39, 0.29) is 0 Å². The van der Waals surface area contributed by atoms with Crippen molar-refractivity contribution in [2.75, 3.05) is 0 Å². The van der Waals surface area contributed by atoms with Gasteiger partial charge in [0.25, 0.3) is 0 Å². The summed E-state index contributed by atoms with van der Waals surface area (Å²) in [6.07, 6.45) is 0. The molecule has 9 rings (SSSR count). The molecule has 0 N–H and O–H groups in total. The van der Waals surface area contributed by atoms with E-state index in [1.165, 1.54) is 42.1 Å². The van der Waals surface area contributed by atoms with Crippen LogP contribution < -0.4 is 0 Å². The predicted octanol–water partition coefficient (Wildman–Crippen LogP) is 10.3. The van der Waals surface area contributed by atoms with Crippen LogP contribution in [0.25, 0.3) is 81.8 Å². The van der Waals surface area contributed by atoms with Gasteiger partial charge in [0.1, 0.15) is 0 Å². The van der Waals surface area contributed by atoms with E-state index in [1.807, 2.05) is 72.0 Å². The number of rotatable bonds is 4. The van der Waals surface area contributed by atoms with Gasteiger partial charge in [-0.05, 0) is 23.8 Å². The summed E-state index contributed by atoms with van der Waals surface area (Å²) in [6.45, 7) is 0. The minimum atomic E-state index is 0.598. The lowest BCUT2D eigenvalue weighted by molar-refractivity contribution is 0.953. The van der Waals surface area contributed by atoms with Crippen LogP contribution in [0, 0.1) is 0 Å². The Morgan fingerprint density at radius 2 is 1.00 bits per heavy atom.